The van der Waals surface area contributed by atoms with Gasteiger partial charge in [0.15, 0.2) is 11.6 Å². The Kier molecular flexibility index (Phi) is 8.76. The second kappa shape index (κ2) is 11.8. The summed E-state index contributed by atoms with van der Waals surface area (Å²) in [6.07, 6.45) is 4.61. The number of hydrazine groups is 1. The number of hydrogen-bond donors (Lipinski definition) is 4. The van der Waals surface area contributed by atoms with Gasteiger partial charge in [0.1, 0.15) is 6.17 Å². The number of carbonyl (C=O) groups is 1. The third-order valence-corrected chi connectivity index (χ3v) is 7.78. The van der Waals surface area contributed by atoms with Crippen molar-refractivity contribution in [3.8, 4) is 0 Å². The molecule has 2 atom stereocenters. The number of hydrogen-bond acceptors (Lipinski definition) is 7. The molecule has 7 nitrogen and oxygen atoms in total. The molecule has 0 amide bonds. The summed E-state index contributed by atoms with van der Waals surface area (Å²) in [7, 11) is 1.72. The normalized spacial score (nSPS) is 19.6. The Bertz CT molecular complexity index is 1170. The van der Waals surface area contributed by atoms with Crippen LogP contribution >= 0.6 is 0 Å². The lowest BCUT2D eigenvalue weighted by Crippen LogP contribution is -2.49. The molecule has 4 N–H and O–H groups in total. The highest BCUT2D eigenvalue weighted by atomic mass is 16.5. The van der Waals surface area contributed by atoms with Gasteiger partial charge in [-0.25, -0.2) is 10.4 Å². The molecular formula is C30H40BN4O3. The van der Waals surface area contributed by atoms with Crippen molar-refractivity contribution in [2.75, 3.05) is 5.32 Å². The van der Waals surface area contributed by atoms with Crippen molar-refractivity contribution in [1.82, 2.24) is 10.9 Å². The van der Waals surface area contributed by atoms with Gasteiger partial charge in [-0.2, -0.15) is 0 Å². The number of nitrogens with zero attached hydrogens (tertiary/aromatic N) is 1. The molecule has 201 valence electrons. The molecule has 2 aromatic carbocycles. The van der Waals surface area contributed by atoms with Crippen molar-refractivity contribution in [3.63, 3.8) is 0 Å². The Morgan fingerprint density at radius 3 is 2.68 bits per heavy atom. The zero-order chi connectivity index (χ0) is 27.3. The summed E-state index contributed by atoms with van der Waals surface area (Å²) < 4.78 is 5.93. The second-order valence-electron chi connectivity index (χ2n) is 11.4. The molecule has 2 aliphatic rings. The fraction of sp³-hybridized carbons (Fsp3) is 0.467. The van der Waals surface area contributed by atoms with Crippen molar-refractivity contribution >= 4 is 30.3 Å². The van der Waals surface area contributed by atoms with E-state index in [1.165, 1.54) is 11.1 Å². The number of rotatable bonds is 11. The van der Waals surface area contributed by atoms with Crippen LogP contribution < -0.4 is 21.6 Å². The lowest BCUT2D eigenvalue weighted by molar-refractivity contribution is -0.113. The number of carbonyl (C=O) groups excluding carboxylic acids is 1. The molecule has 8 heteroatoms. The average molecular weight is 515 g/mol. The molecule has 1 radical (unpaired) electrons. The molecule has 0 bridgehead atoms. The van der Waals surface area contributed by atoms with Crippen LogP contribution in [0, 0.1) is 5.92 Å². The fourth-order valence-electron chi connectivity index (χ4n) is 4.55. The van der Waals surface area contributed by atoms with E-state index >= 15 is 0 Å². The molecule has 0 aliphatic carbocycles. The van der Waals surface area contributed by atoms with Gasteiger partial charge in [0, 0.05) is 24.2 Å². The summed E-state index contributed by atoms with van der Waals surface area (Å²) in [4.78, 5) is 17.3. The quantitative estimate of drug-likeness (QED) is 0.340. The largest absolute Gasteiger partial charge is 0.427 e. The third-order valence-electron chi connectivity index (χ3n) is 7.78. The summed E-state index contributed by atoms with van der Waals surface area (Å²) in [6, 6.07) is 16.3. The second-order valence-corrected chi connectivity index (χ2v) is 11.4. The number of aryl methyl sites for hydroxylation is 1. The van der Waals surface area contributed by atoms with Gasteiger partial charge in [-0.15, -0.1) is 0 Å². The van der Waals surface area contributed by atoms with Crippen LogP contribution in [0.25, 0.3) is 0 Å². The van der Waals surface area contributed by atoms with Gasteiger partial charge in [0.2, 0.25) is 0 Å². The summed E-state index contributed by atoms with van der Waals surface area (Å²) in [5.74, 6) is 0.753. The summed E-state index contributed by atoms with van der Waals surface area (Å²) in [6.45, 7) is 11.5. The highest BCUT2D eigenvalue weighted by Gasteiger charge is 2.35. The van der Waals surface area contributed by atoms with E-state index in [0.29, 0.717) is 12.3 Å². The van der Waals surface area contributed by atoms with Crippen LogP contribution in [-0.4, -0.2) is 41.6 Å². The first-order valence-electron chi connectivity index (χ1n) is 13.5. The Morgan fingerprint density at radius 1 is 1.18 bits per heavy atom. The molecule has 2 aromatic rings. The zero-order valence-corrected chi connectivity index (χ0v) is 23.0. The number of aliphatic hydroxyl groups is 1. The van der Waals surface area contributed by atoms with Gasteiger partial charge in [-0.1, -0.05) is 54.5 Å². The SMILES string of the molecule is C=C1Nc2ccc([B]OC(C)(C)C(C)(C)O)cc2CC[C@@H]1CCCC(=O)C1=NC(Cc2ccccc2)NN1. The van der Waals surface area contributed by atoms with Gasteiger partial charge < -0.3 is 20.5 Å². The van der Waals surface area contributed by atoms with E-state index in [1.807, 2.05) is 38.1 Å². The van der Waals surface area contributed by atoms with E-state index in [2.05, 4.69) is 52.0 Å². The lowest BCUT2D eigenvalue weighted by atomic mass is 9.81. The van der Waals surface area contributed by atoms with E-state index < -0.39 is 11.2 Å². The maximum absolute atomic E-state index is 12.7. The predicted octanol–water partition coefficient (Wildman–Crippen LogP) is 3.80. The molecule has 1 unspecified atom stereocenters. The van der Waals surface area contributed by atoms with Crippen molar-refractivity contribution in [2.45, 2.75) is 83.6 Å². The molecule has 38 heavy (non-hydrogen) atoms. The minimum atomic E-state index is -0.968. The summed E-state index contributed by atoms with van der Waals surface area (Å²) >= 11 is 0. The number of benzene rings is 2. The Morgan fingerprint density at radius 2 is 1.95 bits per heavy atom. The molecular weight excluding hydrogens is 475 g/mol. The first-order valence-corrected chi connectivity index (χ1v) is 13.5. The van der Waals surface area contributed by atoms with Crippen LogP contribution in [0.1, 0.15) is 64.5 Å². The number of Topliss-reactive ketones (excluding diaryl/α,β-unsaturated/α-hetero) is 1. The molecule has 2 aliphatic heterocycles. The smallest absolute Gasteiger partial charge is 0.330 e. The number of fused-ring (bicyclic) bond motifs is 1. The number of anilines is 1. The van der Waals surface area contributed by atoms with E-state index in [-0.39, 0.29) is 17.9 Å². The van der Waals surface area contributed by atoms with Crippen LogP contribution in [0.5, 0.6) is 0 Å². The number of aliphatic imine (C=N–C) groups is 1. The van der Waals surface area contributed by atoms with Gasteiger partial charge in [0.05, 0.1) is 11.2 Å². The van der Waals surface area contributed by atoms with Gasteiger partial charge in [0.25, 0.3) is 0 Å². The van der Waals surface area contributed by atoms with Gasteiger partial charge in [-0.3, -0.25) is 4.79 Å². The van der Waals surface area contributed by atoms with Crippen molar-refractivity contribution in [3.05, 3.63) is 71.9 Å². The predicted molar refractivity (Wildman–Crippen MR) is 154 cm³/mol. The standard InChI is InChI=1S/C30H40BN4O3/c1-20-22(12-9-13-26(36)28-33-27(34-35-28)18-21-10-7-6-8-11-21)14-15-23-19-24(16-17-25(23)32-20)31-38-30(4,5)29(2,3)37/h6-8,10-11,16-17,19,22,27,32,34,37H,1,9,12-15,18H2,2-5H3,(H,33,35)/t22-,27?/m0/s1. The van der Waals surface area contributed by atoms with Crippen LogP contribution in [0.2, 0.25) is 0 Å². The lowest BCUT2D eigenvalue weighted by Gasteiger charge is -2.37. The maximum Gasteiger partial charge on any atom is 0.330 e. The van der Waals surface area contributed by atoms with Crippen molar-refractivity contribution in [1.29, 1.82) is 0 Å². The van der Waals surface area contributed by atoms with Gasteiger partial charge in [-0.05, 0) is 76.5 Å². The van der Waals surface area contributed by atoms with Gasteiger partial charge >= 0.3 is 7.48 Å². The summed E-state index contributed by atoms with van der Waals surface area (Å²) in [5.41, 5.74) is 9.80. The number of allylic oxidation sites excluding steroid dienone is 1. The van der Waals surface area contributed by atoms with Crippen LogP contribution in [-0.2, 0) is 22.3 Å². The van der Waals surface area contributed by atoms with Crippen LogP contribution in [0.15, 0.2) is 65.8 Å². The zero-order valence-electron chi connectivity index (χ0n) is 23.0. The van der Waals surface area contributed by atoms with E-state index in [0.717, 1.165) is 49.0 Å². The molecule has 0 saturated carbocycles. The molecule has 0 aromatic heterocycles. The van der Waals surface area contributed by atoms with E-state index in [4.69, 9.17) is 4.65 Å². The monoisotopic (exact) mass is 515 g/mol. The Balaban J connectivity index is 1.25. The average Bonchev–Trinajstić information content (AvgIpc) is 3.27. The Hall–Kier alpha value is -2.94. The number of nitrogens with one attached hydrogen (secondary N) is 3. The molecule has 0 spiro atoms. The highest BCUT2D eigenvalue weighted by Crippen LogP contribution is 2.31. The van der Waals surface area contributed by atoms with E-state index in [9.17, 15) is 9.90 Å². The van der Waals surface area contributed by atoms with Crippen molar-refractivity contribution in [2.24, 2.45) is 10.9 Å². The van der Waals surface area contributed by atoms with Crippen molar-refractivity contribution < 1.29 is 14.6 Å². The maximum atomic E-state index is 12.7. The highest BCUT2D eigenvalue weighted by molar-refractivity contribution is 6.47. The molecule has 2 heterocycles. The van der Waals surface area contributed by atoms with Crippen LogP contribution in [0.3, 0.4) is 0 Å². The topological polar surface area (TPSA) is 95.0 Å². The van der Waals surface area contributed by atoms with Crippen LogP contribution in [0.4, 0.5) is 5.69 Å². The van der Waals surface area contributed by atoms with E-state index in [1.54, 1.807) is 21.3 Å². The minimum absolute atomic E-state index is 0.0395. The molecule has 4 rings (SSSR count). The first-order chi connectivity index (χ1) is 18.0. The Labute approximate surface area is 227 Å². The fourth-order valence-corrected chi connectivity index (χ4v) is 4.55. The first kappa shape index (κ1) is 28.1. The molecule has 0 fully saturated rings. The number of ketones is 1. The number of amidine groups is 1. The molecule has 0 saturated heterocycles. The third kappa shape index (κ3) is 7.13. The summed E-state index contributed by atoms with van der Waals surface area (Å²) in [5, 5.41) is 13.8. The minimum Gasteiger partial charge on any atom is -0.427 e.